The number of fused-ring (bicyclic) bond motifs is 1. The smallest absolute Gasteiger partial charge is 0.139 e. The monoisotopic (exact) mass is 461 g/mol. The van der Waals surface area contributed by atoms with Crippen LogP contribution in [-0.2, 0) is 0 Å². The fraction of sp³-hybridized carbons (Fsp3) is 0.240. The number of benzene rings is 3. The summed E-state index contributed by atoms with van der Waals surface area (Å²) >= 11 is 6.48. The molecule has 172 valence electrons. The molecule has 0 bridgehead atoms. The second kappa shape index (κ2) is 11.1. The lowest BCUT2D eigenvalue weighted by atomic mass is 10.0. The molecule has 0 aliphatic heterocycles. The van der Waals surface area contributed by atoms with Crippen LogP contribution in [0.5, 0.6) is 5.75 Å². The van der Waals surface area contributed by atoms with Crippen molar-refractivity contribution in [1.29, 1.82) is 0 Å². The molecule has 4 aromatic rings. The van der Waals surface area contributed by atoms with E-state index in [1.54, 1.807) is 47.3 Å². The van der Waals surface area contributed by atoms with Crippen molar-refractivity contribution in [3.8, 4) is 11.4 Å². The van der Waals surface area contributed by atoms with Crippen molar-refractivity contribution in [1.82, 2.24) is 9.78 Å². The summed E-state index contributed by atoms with van der Waals surface area (Å²) < 4.78 is 34.2. The lowest BCUT2D eigenvalue weighted by Gasteiger charge is -2.23. The SMILES string of the molecule is C.C.C.CC(N)C(Oc1cc2cnn(-c3ccc(F)cc3)c2cc1Cl)c1ccc(F)cc1. The highest BCUT2D eigenvalue weighted by Crippen LogP contribution is 2.35. The zero-order chi connectivity index (χ0) is 20.5. The van der Waals surface area contributed by atoms with Crippen LogP contribution in [0.2, 0.25) is 5.02 Å². The Bertz CT molecular complexity index is 1140. The average molecular weight is 462 g/mol. The molecule has 1 heterocycles. The van der Waals surface area contributed by atoms with Gasteiger partial charge in [-0.05, 0) is 61.0 Å². The highest BCUT2D eigenvalue weighted by Gasteiger charge is 2.21. The first-order valence-corrected chi connectivity index (χ1v) is 9.41. The van der Waals surface area contributed by atoms with Crippen molar-refractivity contribution in [2.24, 2.45) is 5.73 Å². The molecule has 0 amide bonds. The van der Waals surface area contributed by atoms with Crippen molar-refractivity contribution in [3.05, 3.63) is 89.1 Å². The minimum atomic E-state index is -0.502. The van der Waals surface area contributed by atoms with Crippen LogP contribution in [-0.4, -0.2) is 15.8 Å². The molecule has 0 spiro atoms. The maximum atomic E-state index is 13.3. The maximum Gasteiger partial charge on any atom is 0.139 e. The molecule has 2 unspecified atom stereocenters. The number of hydrogen-bond donors (Lipinski definition) is 1. The summed E-state index contributed by atoms with van der Waals surface area (Å²) in [4.78, 5) is 0. The molecule has 2 N–H and O–H groups in total. The molecule has 0 saturated carbocycles. The normalized spacial score (nSPS) is 12.2. The maximum absolute atomic E-state index is 13.3. The fourth-order valence-corrected chi connectivity index (χ4v) is 3.38. The van der Waals surface area contributed by atoms with E-state index in [2.05, 4.69) is 5.10 Å². The molecule has 2 atom stereocenters. The number of nitrogens with two attached hydrogens (primary N) is 1. The first-order valence-electron chi connectivity index (χ1n) is 9.03. The molecular formula is C25H30ClF2N3O. The van der Waals surface area contributed by atoms with Gasteiger partial charge < -0.3 is 10.5 Å². The van der Waals surface area contributed by atoms with Gasteiger partial charge in [-0.3, -0.25) is 0 Å². The Morgan fingerprint density at radius 1 is 0.938 bits per heavy atom. The summed E-state index contributed by atoms with van der Waals surface area (Å²) in [6, 6.07) is 15.2. The van der Waals surface area contributed by atoms with Crippen LogP contribution in [0.1, 0.15) is 40.9 Å². The lowest BCUT2D eigenvalue weighted by Crippen LogP contribution is -2.29. The Kier molecular flexibility index (Phi) is 9.36. The van der Waals surface area contributed by atoms with E-state index in [4.69, 9.17) is 22.1 Å². The Balaban J connectivity index is 0.00000171. The topological polar surface area (TPSA) is 53.1 Å². The van der Waals surface area contributed by atoms with Gasteiger partial charge in [-0.15, -0.1) is 0 Å². The summed E-state index contributed by atoms with van der Waals surface area (Å²) in [5.41, 5.74) is 8.32. The third-order valence-electron chi connectivity index (χ3n) is 4.62. The Hall–Kier alpha value is -2.96. The molecule has 0 saturated heterocycles. The van der Waals surface area contributed by atoms with E-state index in [-0.39, 0.29) is 40.0 Å². The third kappa shape index (κ3) is 5.44. The van der Waals surface area contributed by atoms with Gasteiger partial charge in [0.05, 0.1) is 22.4 Å². The number of ether oxygens (including phenoxy) is 1. The van der Waals surface area contributed by atoms with Crippen molar-refractivity contribution in [2.45, 2.75) is 41.3 Å². The quantitative estimate of drug-likeness (QED) is 0.338. The van der Waals surface area contributed by atoms with Crippen LogP contribution in [0.4, 0.5) is 8.78 Å². The Labute approximate surface area is 193 Å². The van der Waals surface area contributed by atoms with E-state index in [9.17, 15) is 8.78 Å². The molecule has 4 nitrogen and oxygen atoms in total. The second-order valence-electron chi connectivity index (χ2n) is 6.82. The summed E-state index contributed by atoms with van der Waals surface area (Å²) in [6.07, 6.45) is 1.18. The molecule has 3 aromatic carbocycles. The van der Waals surface area contributed by atoms with E-state index in [1.165, 1.54) is 24.3 Å². The number of aromatic nitrogens is 2. The third-order valence-corrected chi connectivity index (χ3v) is 4.92. The molecule has 4 rings (SSSR count). The average Bonchev–Trinajstić information content (AvgIpc) is 3.10. The summed E-state index contributed by atoms with van der Waals surface area (Å²) in [7, 11) is 0. The molecule has 7 heteroatoms. The largest absolute Gasteiger partial charge is 0.483 e. The van der Waals surface area contributed by atoms with Gasteiger partial charge in [-0.25, -0.2) is 13.5 Å². The van der Waals surface area contributed by atoms with Crippen LogP contribution in [0.3, 0.4) is 0 Å². The van der Waals surface area contributed by atoms with E-state index in [0.29, 0.717) is 16.5 Å². The Morgan fingerprint density at radius 2 is 1.50 bits per heavy atom. The van der Waals surface area contributed by atoms with Crippen molar-refractivity contribution in [2.75, 3.05) is 0 Å². The molecule has 0 fully saturated rings. The van der Waals surface area contributed by atoms with E-state index >= 15 is 0 Å². The first kappa shape index (κ1) is 27.1. The van der Waals surface area contributed by atoms with Crippen LogP contribution in [0, 0.1) is 11.6 Å². The van der Waals surface area contributed by atoms with Crippen molar-refractivity contribution >= 4 is 22.5 Å². The molecule has 32 heavy (non-hydrogen) atoms. The predicted octanol–water partition coefficient (Wildman–Crippen LogP) is 7.33. The molecule has 0 aliphatic carbocycles. The van der Waals surface area contributed by atoms with Gasteiger partial charge in [0.15, 0.2) is 0 Å². The zero-order valence-corrected chi connectivity index (χ0v) is 16.3. The highest BCUT2D eigenvalue weighted by atomic mass is 35.5. The highest BCUT2D eigenvalue weighted by molar-refractivity contribution is 6.32. The standard InChI is InChI=1S/C22H18ClF2N3O.3CH4/c1-13(26)22(14-2-4-16(24)5-3-14)29-21-10-15-12-27-28(20(15)11-19(21)23)18-8-6-17(25)7-9-18;;;/h2-13,22H,26H2,1H3;3*1H4. The van der Waals surface area contributed by atoms with Gasteiger partial charge in [-0.1, -0.05) is 46.0 Å². The number of halogens is 3. The Morgan fingerprint density at radius 3 is 2.06 bits per heavy atom. The first-order chi connectivity index (χ1) is 13.9. The summed E-state index contributed by atoms with van der Waals surface area (Å²) in [5, 5.41) is 5.56. The van der Waals surface area contributed by atoms with E-state index in [0.717, 1.165) is 16.5 Å². The van der Waals surface area contributed by atoms with Crippen LogP contribution in [0.25, 0.3) is 16.6 Å². The lowest BCUT2D eigenvalue weighted by molar-refractivity contribution is 0.181. The number of hydrogen-bond acceptors (Lipinski definition) is 3. The van der Waals surface area contributed by atoms with Crippen LogP contribution >= 0.6 is 11.6 Å². The van der Waals surface area contributed by atoms with Crippen LogP contribution < -0.4 is 10.5 Å². The second-order valence-corrected chi connectivity index (χ2v) is 7.23. The minimum Gasteiger partial charge on any atom is -0.483 e. The zero-order valence-electron chi connectivity index (χ0n) is 15.5. The van der Waals surface area contributed by atoms with E-state index in [1.807, 2.05) is 6.92 Å². The predicted molar refractivity (Wildman–Crippen MR) is 130 cm³/mol. The summed E-state index contributed by atoms with van der Waals surface area (Å²) in [5.74, 6) is -0.198. The van der Waals surface area contributed by atoms with E-state index < -0.39 is 6.10 Å². The number of rotatable bonds is 5. The molecule has 1 aromatic heterocycles. The van der Waals surface area contributed by atoms with Gasteiger partial charge in [-0.2, -0.15) is 5.10 Å². The molecule has 0 aliphatic rings. The van der Waals surface area contributed by atoms with Crippen LogP contribution in [0.15, 0.2) is 66.9 Å². The van der Waals surface area contributed by atoms with Gasteiger partial charge >= 0.3 is 0 Å². The summed E-state index contributed by atoms with van der Waals surface area (Å²) in [6.45, 7) is 1.81. The van der Waals surface area contributed by atoms with Crippen molar-refractivity contribution < 1.29 is 13.5 Å². The number of nitrogens with zero attached hydrogens (tertiary/aromatic N) is 2. The van der Waals surface area contributed by atoms with Gasteiger partial charge in [0.2, 0.25) is 0 Å². The molecule has 0 radical (unpaired) electrons. The minimum absolute atomic E-state index is 0. The van der Waals surface area contributed by atoms with Crippen molar-refractivity contribution in [3.63, 3.8) is 0 Å². The molecular weight excluding hydrogens is 432 g/mol. The van der Waals surface area contributed by atoms with Gasteiger partial charge in [0, 0.05) is 11.4 Å². The van der Waals surface area contributed by atoms with Gasteiger partial charge in [0.1, 0.15) is 23.5 Å². The fourth-order valence-electron chi connectivity index (χ4n) is 3.17. The van der Waals surface area contributed by atoms with Gasteiger partial charge in [0.25, 0.3) is 0 Å².